The first-order chi connectivity index (χ1) is 16.3. The molecule has 1 saturated carbocycles. The topological polar surface area (TPSA) is 53.2 Å². The summed E-state index contributed by atoms with van der Waals surface area (Å²) >= 11 is 0. The number of nitrogens with zero attached hydrogens (tertiary/aromatic N) is 2. The normalized spacial score (nSPS) is 22.1. The standard InChI is InChI=1S/C29H42N4O/c1-7-9-26(34-27(8-2)29(3,4)5)22-11-10-21(16-22)25-18-28(32-31-25)30-24-13-12-20-14-15-33(6)19-23(20)17-24/h8-9,12-13,17-18,21-22H,7,10-11,14-16,19H2,1-6H3,(H2,30,31,32)/b26-9+,27-8-. The van der Waals surface area contributed by atoms with Crippen molar-refractivity contribution >= 4 is 11.5 Å². The largest absolute Gasteiger partial charge is 0.466 e. The molecule has 4 rings (SSSR count). The van der Waals surface area contributed by atoms with E-state index in [1.54, 1.807) is 0 Å². The Balaban J connectivity index is 1.41. The number of fused-ring (bicyclic) bond motifs is 1. The van der Waals surface area contributed by atoms with E-state index in [0.717, 1.165) is 68.2 Å². The van der Waals surface area contributed by atoms with E-state index >= 15 is 0 Å². The molecule has 2 aromatic rings. The fourth-order valence-corrected chi connectivity index (χ4v) is 5.32. The van der Waals surface area contributed by atoms with E-state index in [2.05, 4.69) is 98.5 Å². The van der Waals surface area contributed by atoms with Gasteiger partial charge in [0.05, 0.1) is 0 Å². The van der Waals surface area contributed by atoms with Gasteiger partial charge in [0.1, 0.15) is 11.5 Å². The van der Waals surface area contributed by atoms with Crippen LogP contribution in [0.2, 0.25) is 0 Å². The van der Waals surface area contributed by atoms with Gasteiger partial charge in [-0.05, 0) is 81.5 Å². The van der Waals surface area contributed by atoms with Crippen molar-refractivity contribution in [3.63, 3.8) is 0 Å². The molecule has 2 atom stereocenters. The Labute approximate surface area is 205 Å². The number of likely N-dealkylation sites (N-methyl/N-ethyl adjacent to an activating group) is 1. The summed E-state index contributed by atoms with van der Waals surface area (Å²) in [5.41, 5.74) is 5.23. The van der Waals surface area contributed by atoms with Crippen LogP contribution in [-0.2, 0) is 17.7 Å². The number of nitrogens with one attached hydrogen (secondary N) is 2. The second-order valence-electron chi connectivity index (χ2n) is 11.0. The molecule has 5 nitrogen and oxygen atoms in total. The summed E-state index contributed by atoms with van der Waals surface area (Å²) in [4.78, 5) is 2.38. The Morgan fingerprint density at radius 3 is 2.79 bits per heavy atom. The number of hydrogen-bond donors (Lipinski definition) is 2. The number of rotatable bonds is 7. The summed E-state index contributed by atoms with van der Waals surface area (Å²) < 4.78 is 6.49. The van der Waals surface area contributed by atoms with E-state index in [9.17, 15) is 0 Å². The molecule has 0 bridgehead atoms. The van der Waals surface area contributed by atoms with Gasteiger partial charge in [0.25, 0.3) is 0 Å². The van der Waals surface area contributed by atoms with Crippen LogP contribution in [0, 0.1) is 11.3 Å². The Bertz CT molecular complexity index is 1040. The number of allylic oxidation sites excluding steroid dienone is 4. The van der Waals surface area contributed by atoms with Crippen molar-refractivity contribution in [2.24, 2.45) is 11.3 Å². The van der Waals surface area contributed by atoms with Crippen molar-refractivity contribution in [2.45, 2.75) is 79.2 Å². The van der Waals surface area contributed by atoms with Crippen molar-refractivity contribution in [2.75, 3.05) is 18.9 Å². The van der Waals surface area contributed by atoms with Gasteiger partial charge in [-0.1, -0.05) is 33.8 Å². The predicted molar refractivity (Wildman–Crippen MR) is 141 cm³/mol. The third-order valence-corrected chi connectivity index (χ3v) is 7.19. The molecule has 1 aliphatic carbocycles. The SMILES string of the molecule is C/C=C(\O/C(=C/CC)C1CCC(c2cc(Nc3ccc4c(c3)CN(C)CC4)n[nH]2)C1)C(C)(C)C. The predicted octanol–water partition coefficient (Wildman–Crippen LogP) is 7.29. The second kappa shape index (κ2) is 10.4. The van der Waals surface area contributed by atoms with Crippen molar-refractivity contribution in [1.82, 2.24) is 15.1 Å². The molecule has 0 amide bonds. The molecule has 0 spiro atoms. The Morgan fingerprint density at radius 2 is 2.06 bits per heavy atom. The molecule has 184 valence electrons. The number of aromatic nitrogens is 2. The molecule has 0 saturated heterocycles. The van der Waals surface area contributed by atoms with Gasteiger partial charge in [-0.15, -0.1) is 0 Å². The van der Waals surface area contributed by atoms with Gasteiger partial charge in [0, 0.05) is 47.8 Å². The van der Waals surface area contributed by atoms with E-state index in [0.29, 0.717) is 11.8 Å². The van der Waals surface area contributed by atoms with Crippen LogP contribution in [-0.4, -0.2) is 28.7 Å². The maximum atomic E-state index is 6.49. The zero-order chi connectivity index (χ0) is 24.3. The number of benzene rings is 1. The van der Waals surface area contributed by atoms with Crippen LogP contribution in [0.15, 0.2) is 47.9 Å². The molecular weight excluding hydrogens is 420 g/mol. The van der Waals surface area contributed by atoms with Gasteiger partial charge in [0.15, 0.2) is 5.82 Å². The monoisotopic (exact) mass is 462 g/mol. The smallest absolute Gasteiger partial charge is 0.152 e. The highest BCUT2D eigenvalue weighted by Gasteiger charge is 2.32. The molecular formula is C29H42N4O. The highest BCUT2D eigenvalue weighted by atomic mass is 16.5. The molecule has 34 heavy (non-hydrogen) atoms. The highest BCUT2D eigenvalue weighted by molar-refractivity contribution is 5.58. The lowest BCUT2D eigenvalue weighted by molar-refractivity contribution is 0.186. The van der Waals surface area contributed by atoms with Crippen LogP contribution in [0.5, 0.6) is 0 Å². The fraction of sp³-hybridized carbons (Fsp3) is 0.552. The summed E-state index contributed by atoms with van der Waals surface area (Å²) in [7, 11) is 2.19. The minimum Gasteiger partial charge on any atom is -0.466 e. The Kier molecular flexibility index (Phi) is 7.51. The third-order valence-electron chi connectivity index (χ3n) is 7.19. The minimum absolute atomic E-state index is 0.00956. The molecule has 1 aliphatic heterocycles. The van der Waals surface area contributed by atoms with E-state index in [1.165, 1.54) is 16.8 Å². The second-order valence-corrected chi connectivity index (χ2v) is 11.0. The first-order valence-electron chi connectivity index (χ1n) is 12.9. The van der Waals surface area contributed by atoms with Crippen LogP contribution in [0.4, 0.5) is 11.5 Å². The summed E-state index contributed by atoms with van der Waals surface area (Å²) in [6.07, 6.45) is 9.91. The van der Waals surface area contributed by atoms with Gasteiger partial charge in [-0.3, -0.25) is 5.10 Å². The number of ether oxygens (including phenoxy) is 1. The van der Waals surface area contributed by atoms with Crippen LogP contribution in [0.25, 0.3) is 0 Å². The summed E-state index contributed by atoms with van der Waals surface area (Å²) in [5.74, 6) is 4.04. The van der Waals surface area contributed by atoms with Crippen LogP contribution < -0.4 is 5.32 Å². The van der Waals surface area contributed by atoms with Gasteiger partial charge < -0.3 is 15.0 Å². The lowest BCUT2D eigenvalue weighted by atomic mass is 9.93. The zero-order valence-electron chi connectivity index (χ0n) is 21.9. The minimum atomic E-state index is 0.00956. The van der Waals surface area contributed by atoms with Crippen molar-refractivity contribution in [3.05, 3.63) is 64.8 Å². The quantitative estimate of drug-likeness (QED) is 0.424. The molecule has 1 aromatic heterocycles. The van der Waals surface area contributed by atoms with Gasteiger partial charge >= 0.3 is 0 Å². The number of aromatic amines is 1. The molecule has 1 fully saturated rings. The van der Waals surface area contributed by atoms with Crippen LogP contribution in [0.3, 0.4) is 0 Å². The van der Waals surface area contributed by atoms with Gasteiger partial charge in [0.2, 0.25) is 0 Å². The summed E-state index contributed by atoms with van der Waals surface area (Å²) in [6.45, 7) is 13.0. The lowest BCUT2D eigenvalue weighted by Gasteiger charge is -2.26. The Morgan fingerprint density at radius 1 is 1.24 bits per heavy atom. The van der Waals surface area contributed by atoms with Crippen molar-refractivity contribution in [1.29, 1.82) is 0 Å². The highest BCUT2D eigenvalue weighted by Crippen LogP contribution is 2.43. The van der Waals surface area contributed by atoms with Crippen LogP contribution in [0.1, 0.15) is 83.0 Å². The van der Waals surface area contributed by atoms with Gasteiger partial charge in [-0.25, -0.2) is 0 Å². The van der Waals surface area contributed by atoms with E-state index in [4.69, 9.17) is 4.74 Å². The maximum absolute atomic E-state index is 6.49. The van der Waals surface area contributed by atoms with Crippen molar-refractivity contribution < 1.29 is 4.74 Å². The average molecular weight is 463 g/mol. The number of anilines is 2. The third kappa shape index (κ3) is 5.75. The fourth-order valence-electron chi connectivity index (χ4n) is 5.32. The molecule has 2 aliphatic rings. The van der Waals surface area contributed by atoms with E-state index in [-0.39, 0.29) is 5.41 Å². The van der Waals surface area contributed by atoms with E-state index < -0.39 is 0 Å². The van der Waals surface area contributed by atoms with Crippen LogP contribution >= 0.6 is 0 Å². The van der Waals surface area contributed by atoms with Gasteiger partial charge in [-0.2, -0.15) is 5.10 Å². The average Bonchev–Trinajstić information content (AvgIpc) is 3.45. The molecule has 2 heterocycles. The van der Waals surface area contributed by atoms with Crippen molar-refractivity contribution in [3.8, 4) is 0 Å². The lowest BCUT2D eigenvalue weighted by Crippen LogP contribution is -2.26. The molecule has 0 radical (unpaired) electrons. The first-order valence-corrected chi connectivity index (χ1v) is 12.9. The summed E-state index contributed by atoms with van der Waals surface area (Å²) in [6, 6.07) is 8.91. The maximum Gasteiger partial charge on any atom is 0.152 e. The number of H-pyrrole nitrogens is 1. The molecule has 1 aromatic carbocycles. The molecule has 5 heteroatoms. The van der Waals surface area contributed by atoms with E-state index in [1.807, 2.05) is 0 Å². The zero-order valence-corrected chi connectivity index (χ0v) is 21.9. The molecule has 2 N–H and O–H groups in total. The molecule has 2 unspecified atom stereocenters. The number of hydrogen-bond acceptors (Lipinski definition) is 4. The Hall–Kier alpha value is -2.53. The first kappa shape index (κ1) is 24.6. The summed E-state index contributed by atoms with van der Waals surface area (Å²) in [5, 5.41) is 11.4.